The Balaban J connectivity index is 0. The summed E-state index contributed by atoms with van der Waals surface area (Å²) >= 11 is 4.16. The van der Waals surface area contributed by atoms with E-state index >= 15 is 0 Å². The minimum absolute atomic E-state index is 0. The van der Waals surface area contributed by atoms with Gasteiger partial charge in [-0.05, 0) is 38.2 Å². The molecule has 70 valence electrons. The number of unbranched alkanes of at least 4 members (excludes halogenated alkanes) is 1. The SMILES string of the molecule is Br.CCN(CC)CCCCS. The minimum Gasteiger partial charge on any atom is -0.304 e. The first kappa shape index (κ1) is 14.3. The third kappa shape index (κ3) is 8.70. The molecule has 0 radical (unpaired) electrons. The molecule has 0 aliphatic carbocycles. The largest absolute Gasteiger partial charge is 0.304 e. The maximum atomic E-state index is 4.16. The van der Waals surface area contributed by atoms with Crippen molar-refractivity contribution >= 4 is 29.6 Å². The van der Waals surface area contributed by atoms with E-state index in [1.54, 1.807) is 0 Å². The summed E-state index contributed by atoms with van der Waals surface area (Å²) in [6.45, 7) is 8.04. The highest BCUT2D eigenvalue weighted by molar-refractivity contribution is 8.93. The summed E-state index contributed by atoms with van der Waals surface area (Å²) in [5.74, 6) is 1.03. The van der Waals surface area contributed by atoms with E-state index in [0.717, 1.165) is 5.75 Å². The van der Waals surface area contributed by atoms with Crippen LogP contribution in [0.15, 0.2) is 0 Å². The van der Waals surface area contributed by atoms with E-state index in [2.05, 4.69) is 31.4 Å². The fraction of sp³-hybridized carbons (Fsp3) is 1.00. The molecule has 0 bridgehead atoms. The Morgan fingerprint density at radius 3 is 2.00 bits per heavy atom. The van der Waals surface area contributed by atoms with Crippen molar-refractivity contribution in [3.63, 3.8) is 0 Å². The Labute approximate surface area is 86.7 Å². The number of nitrogens with zero attached hydrogens (tertiary/aromatic N) is 1. The molecule has 0 fully saturated rings. The van der Waals surface area contributed by atoms with Gasteiger partial charge in [-0.3, -0.25) is 0 Å². The maximum absolute atomic E-state index is 4.16. The Morgan fingerprint density at radius 1 is 1.09 bits per heavy atom. The van der Waals surface area contributed by atoms with Crippen molar-refractivity contribution in [2.45, 2.75) is 26.7 Å². The first-order valence-electron chi connectivity index (χ1n) is 4.18. The molecule has 0 saturated carbocycles. The number of thiol groups is 1. The van der Waals surface area contributed by atoms with Gasteiger partial charge in [-0.1, -0.05) is 13.8 Å². The summed E-state index contributed by atoms with van der Waals surface area (Å²) in [6.07, 6.45) is 2.55. The molecule has 0 amide bonds. The monoisotopic (exact) mass is 241 g/mol. The first-order chi connectivity index (χ1) is 4.85. The van der Waals surface area contributed by atoms with Crippen LogP contribution in [0.25, 0.3) is 0 Å². The molecule has 0 aromatic carbocycles. The van der Waals surface area contributed by atoms with Crippen LogP contribution in [-0.4, -0.2) is 30.3 Å². The van der Waals surface area contributed by atoms with Crippen LogP contribution in [0.1, 0.15) is 26.7 Å². The molecule has 0 N–H and O–H groups in total. The topological polar surface area (TPSA) is 3.24 Å². The van der Waals surface area contributed by atoms with Crippen molar-refractivity contribution in [2.75, 3.05) is 25.4 Å². The third-order valence-electron chi connectivity index (χ3n) is 1.78. The van der Waals surface area contributed by atoms with Gasteiger partial charge in [0.05, 0.1) is 0 Å². The Bertz CT molecular complexity index is 67.1. The molecule has 0 saturated heterocycles. The van der Waals surface area contributed by atoms with Crippen LogP contribution in [-0.2, 0) is 0 Å². The van der Waals surface area contributed by atoms with Crippen LogP contribution in [0, 0.1) is 0 Å². The highest BCUT2D eigenvalue weighted by Crippen LogP contribution is 1.95. The van der Waals surface area contributed by atoms with Crippen LogP contribution >= 0.6 is 29.6 Å². The van der Waals surface area contributed by atoms with Crippen molar-refractivity contribution < 1.29 is 0 Å². The molecular weight excluding hydrogens is 222 g/mol. The molecule has 0 aromatic rings. The smallest absolute Gasteiger partial charge is 0.00187 e. The molecular formula is C8H20BrNS. The summed E-state index contributed by atoms with van der Waals surface area (Å²) < 4.78 is 0. The van der Waals surface area contributed by atoms with Crippen molar-refractivity contribution in [3.05, 3.63) is 0 Å². The maximum Gasteiger partial charge on any atom is -0.00187 e. The van der Waals surface area contributed by atoms with Crippen LogP contribution in [0.3, 0.4) is 0 Å². The standard InChI is InChI=1S/C8H19NS.BrH/c1-3-9(4-2)7-5-6-8-10;/h10H,3-8H2,1-2H3;1H. The normalized spacial score (nSPS) is 9.82. The highest BCUT2D eigenvalue weighted by atomic mass is 79.9. The Hall–Kier alpha value is 0.790. The zero-order chi connectivity index (χ0) is 7.82. The van der Waals surface area contributed by atoms with E-state index in [0.29, 0.717) is 0 Å². The van der Waals surface area contributed by atoms with Crippen LogP contribution in [0.5, 0.6) is 0 Å². The number of hydrogen-bond donors (Lipinski definition) is 1. The molecule has 0 unspecified atom stereocenters. The van der Waals surface area contributed by atoms with E-state index in [1.165, 1.54) is 32.5 Å². The lowest BCUT2D eigenvalue weighted by molar-refractivity contribution is 0.299. The Kier molecular flexibility index (Phi) is 14.0. The second kappa shape index (κ2) is 10.8. The quantitative estimate of drug-likeness (QED) is 0.553. The Morgan fingerprint density at radius 2 is 1.64 bits per heavy atom. The fourth-order valence-electron chi connectivity index (χ4n) is 0.987. The molecule has 0 spiro atoms. The summed E-state index contributed by atoms with van der Waals surface area (Å²) in [6, 6.07) is 0. The summed E-state index contributed by atoms with van der Waals surface area (Å²) in [7, 11) is 0. The average Bonchev–Trinajstić information content (AvgIpc) is 1.99. The second-order valence-corrected chi connectivity index (χ2v) is 2.90. The second-order valence-electron chi connectivity index (χ2n) is 2.46. The van der Waals surface area contributed by atoms with Gasteiger partial charge < -0.3 is 4.90 Å². The molecule has 0 heterocycles. The van der Waals surface area contributed by atoms with Crippen molar-refractivity contribution in [3.8, 4) is 0 Å². The molecule has 3 heteroatoms. The molecule has 1 nitrogen and oxygen atoms in total. The van der Waals surface area contributed by atoms with E-state index in [9.17, 15) is 0 Å². The van der Waals surface area contributed by atoms with E-state index in [1.807, 2.05) is 0 Å². The predicted molar refractivity (Wildman–Crippen MR) is 61.2 cm³/mol. The number of hydrogen-bond acceptors (Lipinski definition) is 2. The van der Waals surface area contributed by atoms with Crippen LogP contribution in [0.4, 0.5) is 0 Å². The number of halogens is 1. The van der Waals surface area contributed by atoms with E-state index in [-0.39, 0.29) is 17.0 Å². The predicted octanol–water partition coefficient (Wildman–Crippen LogP) is 2.62. The van der Waals surface area contributed by atoms with Gasteiger partial charge in [0.15, 0.2) is 0 Å². The summed E-state index contributed by atoms with van der Waals surface area (Å²) in [4.78, 5) is 2.45. The van der Waals surface area contributed by atoms with Gasteiger partial charge in [-0.25, -0.2) is 0 Å². The first-order valence-corrected chi connectivity index (χ1v) is 4.81. The molecule has 0 rings (SSSR count). The van der Waals surface area contributed by atoms with Crippen molar-refractivity contribution in [2.24, 2.45) is 0 Å². The van der Waals surface area contributed by atoms with Crippen molar-refractivity contribution in [1.82, 2.24) is 4.90 Å². The van der Waals surface area contributed by atoms with Gasteiger partial charge in [0, 0.05) is 0 Å². The fourth-order valence-corrected chi connectivity index (χ4v) is 1.21. The van der Waals surface area contributed by atoms with Gasteiger partial charge in [0.25, 0.3) is 0 Å². The van der Waals surface area contributed by atoms with Gasteiger partial charge in [-0.2, -0.15) is 12.6 Å². The zero-order valence-electron chi connectivity index (χ0n) is 7.55. The minimum atomic E-state index is 0. The third-order valence-corrected chi connectivity index (χ3v) is 2.09. The van der Waals surface area contributed by atoms with Crippen LogP contribution < -0.4 is 0 Å². The molecule has 0 atom stereocenters. The average molecular weight is 242 g/mol. The van der Waals surface area contributed by atoms with E-state index < -0.39 is 0 Å². The van der Waals surface area contributed by atoms with Gasteiger partial charge >= 0.3 is 0 Å². The lowest BCUT2D eigenvalue weighted by Gasteiger charge is -2.16. The lowest BCUT2D eigenvalue weighted by Crippen LogP contribution is -2.23. The number of rotatable bonds is 6. The lowest BCUT2D eigenvalue weighted by atomic mass is 10.3. The zero-order valence-corrected chi connectivity index (χ0v) is 10.2. The summed E-state index contributed by atoms with van der Waals surface area (Å²) in [5.41, 5.74) is 0. The molecule has 0 aliphatic rings. The van der Waals surface area contributed by atoms with Crippen molar-refractivity contribution in [1.29, 1.82) is 0 Å². The van der Waals surface area contributed by atoms with E-state index in [4.69, 9.17) is 0 Å². The van der Waals surface area contributed by atoms with Gasteiger partial charge in [-0.15, -0.1) is 17.0 Å². The molecule has 0 aliphatic heterocycles. The van der Waals surface area contributed by atoms with Crippen LogP contribution in [0.2, 0.25) is 0 Å². The summed E-state index contributed by atoms with van der Waals surface area (Å²) in [5, 5.41) is 0. The van der Waals surface area contributed by atoms with Gasteiger partial charge in [0.1, 0.15) is 0 Å². The molecule has 0 aromatic heterocycles. The highest BCUT2D eigenvalue weighted by Gasteiger charge is 1.95. The van der Waals surface area contributed by atoms with Gasteiger partial charge in [0.2, 0.25) is 0 Å². The molecule has 11 heavy (non-hydrogen) atoms.